The number of unbranched alkanes of at least 4 members (excludes halogenated alkanes) is 3. The van der Waals surface area contributed by atoms with Gasteiger partial charge in [-0.1, -0.05) is 36.6 Å². The standard InChI is InChI=1S/C30H38ClN3O4/c1-2-37-30(35)34-15-13-25-26-21-23(31)9-12-27(26)32-28(25)29(34)22-7-10-24(11-8-22)38-18-6-4-3-5-14-33-16-19-36-20-17-33/h7-12,21,29,32H,2-6,13-20H2,1H3. The van der Waals surface area contributed by atoms with Crippen molar-refractivity contribution >= 4 is 28.6 Å². The Morgan fingerprint density at radius 2 is 1.84 bits per heavy atom. The van der Waals surface area contributed by atoms with E-state index >= 15 is 0 Å². The molecular formula is C30H38ClN3O4. The third-order valence-corrected chi connectivity index (χ3v) is 7.76. The molecule has 1 amide bonds. The van der Waals surface area contributed by atoms with Crippen molar-refractivity contribution in [3.8, 4) is 5.75 Å². The number of hydrogen-bond donors (Lipinski definition) is 1. The number of nitrogens with one attached hydrogen (secondary N) is 1. The number of ether oxygens (including phenoxy) is 3. The molecule has 7 nitrogen and oxygen atoms in total. The first-order valence-corrected chi connectivity index (χ1v) is 14.3. The van der Waals surface area contributed by atoms with Crippen LogP contribution in [0.5, 0.6) is 5.75 Å². The molecule has 2 aliphatic rings. The number of aromatic amines is 1. The van der Waals surface area contributed by atoms with Gasteiger partial charge in [-0.3, -0.25) is 9.80 Å². The summed E-state index contributed by atoms with van der Waals surface area (Å²) < 4.78 is 16.9. The van der Waals surface area contributed by atoms with Crippen LogP contribution in [0.25, 0.3) is 10.9 Å². The number of carbonyl (C=O) groups excluding carboxylic acids is 1. The van der Waals surface area contributed by atoms with Gasteiger partial charge in [0.25, 0.3) is 0 Å². The summed E-state index contributed by atoms with van der Waals surface area (Å²) in [6, 6.07) is 13.8. The fraction of sp³-hybridized carbons (Fsp3) is 0.500. The number of nitrogens with zero attached hydrogens (tertiary/aromatic N) is 2. The molecule has 5 rings (SSSR count). The molecule has 0 bridgehead atoms. The molecule has 3 heterocycles. The van der Waals surface area contributed by atoms with Crippen molar-refractivity contribution in [3.63, 3.8) is 0 Å². The second kappa shape index (κ2) is 12.9. The van der Waals surface area contributed by atoms with Crippen molar-refractivity contribution in [3.05, 3.63) is 64.3 Å². The smallest absolute Gasteiger partial charge is 0.410 e. The SMILES string of the molecule is CCOC(=O)N1CCc2c([nH]c3ccc(Cl)cc23)C1c1ccc(OCCCCCCN2CCOCC2)cc1. The molecule has 1 fully saturated rings. The lowest BCUT2D eigenvalue weighted by atomic mass is 9.92. The first-order chi connectivity index (χ1) is 18.6. The largest absolute Gasteiger partial charge is 0.494 e. The predicted molar refractivity (Wildman–Crippen MR) is 150 cm³/mol. The van der Waals surface area contributed by atoms with Crippen LogP contribution in [0.1, 0.15) is 55.5 Å². The van der Waals surface area contributed by atoms with E-state index in [2.05, 4.69) is 22.0 Å². The van der Waals surface area contributed by atoms with Gasteiger partial charge >= 0.3 is 6.09 Å². The summed E-state index contributed by atoms with van der Waals surface area (Å²) in [5.41, 5.74) is 4.28. The number of rotatable bonds is 10. The molecule has 204 valence electrons. The maximum atomic E-state index is 12.9. The van der Waals surface area contributed by atoms with E-state index in [4.69, 9.17) is 25.8 Å². The second-order valence-corrected chi connectivity index (χ2v) is 10.5. The fourth-order valence-electron chi connectivity index (χ4n) is 5.56. The van der Waals surface area contributed by atoms with Gasteiger partial charge in [0.05, 0.1) is 26.4 Å². The Morgan fingerprint density at radius 3 is 2.63 bits per heavy atom. The van der Waals surface area contributed by atoms with E-state index in [9.17, 15) is 4.79 Å². The molecule has 2 aromatic carbocycles. The molecule has 38 heavy (non-hydrogen) atoms. The van der Waals surface area contributed by atoms with E-state index in [0.29, 0.717) is 24.8 Å². The number of halogens is 1. The van der Waals surface area contributed by atoms with Crippen molar-refractivity contribution in [2.75, 3.05) is 52.6 Å². The van der Waals surface area contributed by atoms with Gasteiger partial charge in [0, 0.05) is 41.3 Å². The molecule has 2 aliphatic heterocycles. The number of hydrogen-bond acceptors (Lipinski definition) is 5. The van der Waals surface area contributed by atoms with E-state index in [1.165, 1.54) is 31.4 Å². The molecule has 0 saturated carbocycles. The number of aromatic nitrogens is 1. The van der Waals surface area contributed by atoms with Crippen LogP contribution in [0, 0.1) is 0 Å². The predicted octanol–water partition coefficient (Wildman–Crippen LogP) is 6.20. The monoisotopic (exact) mass is 539 g/mol. The van der Waals surface area contributed by atoms with Crippen LogP contribution in [0.2, 0.25) is 5.02 Å². The second-order valence-electron chi connectivity index (χ2n) is 10.0. The van der Waals surface area contributed by atoms with E-state index in [1.807, 2.05) is 42.2 Å². The van der Waals surface area contributed by atoms with Crippen molar-refractivity contribution < 1.29 is 19.0 Å². The van der Waals surface area contributed by atoms with E-state index in [1.54, 1.807) is 0 Å². The molecule has 3 aromatic rings. The summed E-state index contributed by atoms with van der Waals surface area (Å²) in [5.74, 6) is 0.851. The van der Waals surface area contributed by atoms with Gasteiger partial charge in [-0.15, -0.1) is 0 Å². The lowest BCUT2D eigenvalue weighted by molar-refractivity contribution is 0.0371. The fourth-order valence-corrected chi connectivity index (χ4v) is 5.73. The molecule has 0 aliphatic carbocycles. The topological polar surface area (TPSA) is 67.0 Å². The molecule has 1 atom stereocenters. The third kappa shape index (κ3) is 6.28. The van der Waals surface area contributed by atoms with Crippen molar-refractivity contribution in [2.45, 2.75) is 45.1 Å². The molecule has 8 heteroatoms. The lowest BCUT2D eigenvalue weighted by Gasteiger charge is -2.35. The number of carbonyl (C=O) groups is 1. The van der Waals surface area contributed by atoms with Crippen molar-refractivity contribution in [2.24, 2.45) is 0 Å². The average Bonchev–Trinajstić information content (AvgIpc) is 3.31. The van der Waals surface area contributed by atoms with Crippen LogP contribution in [-0.2, 0) is 15.9 Å². The van der Waals surface area contributed by atoms with Crippen LogP contribution in [0.15, 0.2) is 42.5 Å². The zero-order chi connectivity index (χ0) is 26.3. The highest BCUT2D eigenvalue weighted by atomic mass is 35.5. The Balaban J connectivity index is 1.20. The summed E-state index contributed by atoms with van der Waals surface area (Å²) in [7, 11) is 0. The van der Waals surface area contributed by atoms with Gasteiger partial charge in [0.2, 0.25) is 0 Å². The number of H-pyrrole nitrogens is 1. The Hall–Kier alpha value is -2.74. The van der Waals surface area contributed by atoms with Gasteiger partial charge in [0.15, 0.2) is 0 Å². The third-order valence-electron chi connectivity index (χ3n) is 7.53. The number of morpholine rings is 1. The van der Waals surface area contributed by atoms with Gasteiger partial charge in [-0.05, 0) is 74.2 Å². The van der Waals surface area contributed by atoms with E-state index in [0.717, 1.165) is 67.1 Å². The van der Waals surface area contributed by atoms with Gasteiger partial charge in [-0.25, -0.2) is 4.79 Å². The molecule has 1 saturated heterocycles. The summed E-state index contributed by atoms with van der Waals surface area (Å²) in [5, 5.41) is 1.83. The highest BCUT2D eigenvalue weighted by Gasteiger charge is 2.35. The van der Waals surface area contributed by atoms with Crippen molar-refractivity contribution in [1.29, 1.82) is 0 Å². The van der Waals surface area contributed by atoms with Gasteiger partial charge in [-0.2, -0.15) is 0 Å². The first-order valence-electron chi connectivity index (χ1n) is 13.9. The first kappa shape index (κ1) is 26.9. The Labute approximate surface area is 230 Å². The molecule has 1 aromatic heterocycles. The van der Waals surface area contributed by atoms with Crippen LogP contribution in [0.4, 0.5) is 4.79 Å². The van der Waals surface area contributed by atoms with Gasteiger partial charge in [0.1, 0.15) is 11.8 Å². The minimum Gasteiger partial charge on any atom is -0.494 e. The summed E-state index contributed by atoms with van der Waals surface area (Å²) in [4.78, 5) is 20.8. The molecule has 1 unspecified atom stereocenters. The Bertz CT molecular complexity index is 1210. The summed E-state index contributed by atoms with van der Waals surface area (Å²) >= 11 is 6.30. The average molecular weight is 540 g/mol. The maximum absolute atomic E-state index is 12.9. The van der Waals surface area contributed by atoms with Crippen LogP contribution in [-0.4, -0.2) is 73.5 Å². The molecule has 1 N–H and O–H groups in total. The van der Waals surface area contributed by atoms with Gasteiger partial charge < -0.3 is 19.2 Å². The van der Waals surface area contributed by atoms with Crippen LogP contribution >= 0.6 is 11.6 Å². The highest BCUT2D eigenvalue weighted by Crippen LogP contribution is 2.39. The highest BCUT2D eigenvalue weighted by molar-refractivity contribution is 6.31. The summed E-state index contributed by atoms with van der Waals surface area (Å²) in [6.07, 6.45) is 5.13. The molecule has 0 radical (unpaired) electrons. The number of fused-ring (bicyclic) bond motifs is 3. The number of amides is 1. The molecule has 0 spiro atoms. The lowest BCUT2D eigenvalue weighted by Crippen LogP contribution is -2.40. The number of benzene rings is 2. The minimum absolute atomic E-state index is 0.260. The normalized spacial score (nSPS) is 17.9. The Morgan fingerprint density at radius 1 is 1.05 bits per heavy atom. The van der Waals surface area contributed by atoms with Crippen LogP contribution < -0.4 is 4.74 Å². The van der Waals surface area contributed by atoms with Crippen molar-refractivity contribution in [1.82, 2.24) is 14.8 Å². The quantitative estimate of drug-likeness (QED) is 0.311. The molecular weight excluding hydrogens is 502 g/mol. The summed E-state index contributed by atoms with van der Waals surface area (Å²) in [6.45, 7) is 8.50. The zero-order valence-corrected chi connectivity index (χ0v) is 23.0. The minimum atomic E-state index is -0.297. The zero-order valence-electron chi connectivity index (χ0n) is 22.2. The van der Waals surface area contributed by atoms with E-state index in [-0.39, 0.29) is 12.1 Å². The van der Waals surface area contributed by atoms with E-state index < -0.39 is 0 Å². The van der Waals surface area contributed by atoms with Crippen LogP contribution in [0.3, 0.4) is 0 Å². The maximum Gasteiger partial charge on any atom is 0.410 e. The Kier molecular flexibility index (Phi) is 9.10.